The maximum absolute atomic E-state index is 12.6. The van der Waals surface area contributed by atoms with E-state index in [0.717, 1.165) is 0 Å². The number of nitrogens with one attached hydrogen (secondary N) is 1. The SMILES string of the molecule is COc1cc(N)ccc1C(=O)NC(F)C(F)F. The maximum Gasteiger partial charge on any atom is 0.287 e. The van der Waals surface area contributed by atoms with Crippen molar-refractivity contribution >= 4 is 11.6 Å². The molecule has 0 spiro atoms. The third-order valence-corrected chi connectivity index (χ3v) is 1.96. The van der Waals surface area contributed by atoms with Crippen molar-refractivity contribution in [1.82, 2.24) is 5.32 Å². The van der Waals surface area contributed by atoms with E-state index in [1.54, 1.807) is 0 Å². The second-order valence-electron chi connectivity index (χ2n) is 3.17. The van der Waals surface area contributed by atoms with Crippen LogP contribution in [-0.4, -0.2) is 25.7 Å². The standard InChI is InChI=1S/C10H11F3N2O2/c1-17-7-4-5(14)2-3-6(7)10(16)15-9(13)8(11)12/h2-4,8-9H,14H2,1H3,(H,15,16). The molecule has 0 heterocycles. The number of carbonyl (C=O) groups excluding carboxylic acids is 1. The number of rotatable bonds is 4. The number of anilines is 1. The van der Waals surface area contributed by atoms with Crippen LogP contribution in [-0.2, 0) is 0 Å². The van der Waals surface area contributed by atoms with E-state index in [4.69, 9.17) is 10.5 Å². The molecule has 94 valence electrons. The van der Waals surface area contributed by atoms with E-state index in [2.05, 4.69) is 0 Å². The van der Waals surface area contributed by atoms with Gasteiger partial charge in [-0.05, 0) is 12.1 Å². The van der Waals surface area contributed by atoms with Gasteiger partial charge in [-0.15, -0.1) is 0 Å². The minimum atomic E-state index is -3.28. The van der Waals surface area contributed by atoms with Gasteiger partial charge < -0.3 is 15.8 Å². The number of alkyl halides is 3. The van der Waals surface area contributed by atoms with Crippen LogP contribution >= 0.6 is 0 Å². The zero-order valence-electron chi connectivity index (χ0n) is 8.91. The Hall–Kier alpha value is -1.92. The Morgan fingerprint density at radius 2 is 2.06 bits per heavy atom. The van der Waals surface area contributed by atoms with Crippen molar-refractivity contribution in [3.8, 4) is 5.75 Å². The minimum Gasteiger partial charge on any atom is -0.496 e. The number of benzene rings is 1. The molecule has 1 aromatic rings. The first-order valence-electron chi connectivity index (χ1n) is 4.62. The molecule has 0 saturated heterocycles. The fraction of sp³-hybridized carbons (Fsp3) is 0.300. The maximum atomic E-state index is 12.6. The molecule has 7 heteroatoms. The van der Waals surface area contributed by atoms with E-state index in [0.29, 0.717) is 5.69 Å². The first-order chi connectivity index (χ1) is 7.95. The van der Waals surface area contributed by atoms with Crippen LogP contribution in [0.2, 0.25) is 0 Å². The Morgan fingerprint density at radius 3 is 2.59 bits per heavy atom. The number of halogens is 3. The number of nitrogen functional groups attached to an aromatic ring is 1. The number of hydrogen-bond acceptors (Lipinski definition) is 3. The minimum absolute atomic E-state index is 0.0648. The molecule has 3 N–H and O–H groups in total. The average Bonchev–Trinajstić information content (AvgIpc) is 2.28. The Bertz CT molecular complexity index is 413. The van der Waals surface area contributed by atoms with Crippen molar-refractivity contribution in [1.29, 1.82) is 0 Å². The number of nitrogens with two attached hydrogens (primary N) is 1. The molecule has 0 aliphatic heterocycles. The molecule has 0 bridgehead atoms. The average molecular weight is 248 g/mol. The summed E-state index contributed by atoms with van der Waals surface area (Å²) in [5.74, 6) is -0.904. The van der Waals surface area contributed by atoms with Gasteiger partial charge >= 0.3 is 0 Å². The van der Waals surface area contributed by atoms with Crippen molar-refractivity contribution in [3.05, 3.63) is 23.8 Å². The lowest BCUT2D eigenvalue weighted by atomic mass is 10.1. The summed E-state index contributed by atoms with van der Waals surface area (Å²) in [7, 11) is 1.28. The summed E-state index contributed by atoms with van der Waals surface area (Å²) in [5, 5.41) is 1.51. The summed E-state index contributed by atoms with van der Waals surface area (Å²) >= 11 is 0. The highest BCUT2D eigenvalue weighted by Gasteiger charge is 2.23. The molecular weight excluding hydrogens is 237 g/mol. The van der Waals surface area contributed by atoms with E-state index in [9.17, 15) is 18.0 Å². The summed E-state index contributed by atoms with van der Waals surface area (Å²) in [4.78, 5) is 11.4. The number of ether oxygens (including phenoxy) is 1. The fourth-order valence-corrected chi connectivity index (χ4v) is 1.16. The molecule has 0 radical (unpaired) electrons. The summed E-state index contributed by atoms with van der Waals surface area (Å²) in [6, 6.07) is 3.99. The number of methoxy groups -OCH3 is 1. The molecule has 4 nitrogen and oxygen atoms in total. The van der Waals surface area contributed by atoms with Gasteiger partial charge in [-0.1, -0.05) is 0 Å². The highest BCUT2D eigenvalue weighted by atomic mass is 19.3. The van der Waals surface area contributed by atoms with E-state index in [1.807, 2.05) is 0 Å². The normalized spacial score (nSPS) is 12.3. The second-order valence-corrected chi connectivity index (χ2v) is 3.17. The number of carbonyl (C=O) groups is 1. The third-order valence-electron chi connectivity index (χ3n) is 1.96. The van der Waals surface area contributed by atoms with Gasteiger partial charge in [0.25, 0.3) is 12.3 Å². The smallest absolute Gasteiger partial charge is 0.287 e. The molecule has 1 rings (SSSR count). The van der Waals surface area contributed by atoms with Gasteiger partial charge in [0.05, 0.1) is 12.7 Å². The molecule has 0 aliphatic carbocycles. The monoisotopic (exact) mass is 248 g/mol. The Kier molecular flexibility index (Phi) is 4.19. The van der Waals surface area contributed by atoms with Gasteiger partial charge in [0.15, 0.2) is 0 Å². The molecule has 0 fully saturated rings. The van der Waals surface area contributed by atoms with Gasteiger partial charge in [-0.2, -0.15) is 0 Å². The predicted molar refractivity (Wildman–Crippen MR) is 55.8 cm³/mol. The van der Waals surface area contributed by atoms with Crippen molar-refractivity contribution < 1.29 is 22.7 Å². The van der Waals surface area contributed by atoms with Gasteiger partial charge in [-0.25, -0.2) is 13.2 Å². The number of hydrogen-bond donors (Lipinski definition) is 2. The van der Waals surface area contributed by atoms with E-state index >= 15 is 0 Å². The molecule has 1 atom stereocenters. The lowest BCUT2D eigenvalue weighted by Gasteiger charge is -2.12. The Morgan fingerprint density at radius 1 is 1.41 bits per heavy atom. The highest BCUT2D eigenvalue weighted by molar-refractivity contribution is 5.97. The van der Waals surface area contributed by atoms with Gasteiger partial charge in [-0.3, -0.25) is 4.79 Å². The second kappa shape index (κ2) is 5.42. The summed E-state index contributed by atoms with van der Waals surface area (Å²) in [5.41, 5.74) is 5.72. The van der Waals surface area contributed by atoms with Crippen LogP contribution in [0.25, 0.3) is 0 Å². The van der Waals surface area contributed by atoms with Crippen LogP contribution in [0.4, 0.5) is 18.9 Å². The molecule has 1 aromatic carbocycles. The lowest BCUT2D eigenvalue weighted by Crippen LogP contribution is -2.36. The van der Waals surface area contributed by atoms with Crippen LogP contribution < -0.4 is 15.8 Å². The third kappa shape index (κ3) is 3.27. The van der Waals surface area contributed by atoms with Crippen LogP contribution in [0.1, 0.15) is 10.4 Å². The highest BCUT2D eigenvalue weighted by Crippen LogP contribution is 2.21. The first kappa shape index (κ1) is 13.1. The van der Waals surface area contributed by atoms with Gasteiger partial charge in [0.1, 0.15) is 5.75 Å². The topological polar surface area (TPSA) is 64.3 Å². The molecule has 17 heavy (non-hydrogen) atoms. The van der Waals surface area contributed by atoms with Crippen molar-refractivity contribution in [2.75, 3.05) is 12.8 Å². The molecule has 0 saturated carbocycles. The zero-order chi connectivity index (χ0) is 13.0. The lowest BCUT2D eigenvalue weighted by molar-refractivity contribution is 0.0286. The van der Waals surface area contributed by atoms with Crippen LogP contribution in [0, 0.1) is 0 Å². The molecule has 0 aromatic heterocycles. The Labute approximate surface area is 95.6 Å². The van der Waals surface area contributed by atoms with E-state index in [-0.39, 0.29) is 11.3 Å². The van der Waals surface area contributed by atoms with Crippen molar-refractivity contribution in [2.24, 2.45) is 0 Å². The van der Waals surface area contributed by atoms with Crippen LogP contribution in [0.3, 0.4) is 0 Å². The van der Waals surface area contributed by atoms with Crippen LogP contribution in [0.15, 0.2) is 18.2 Å². The molecule has 1 unspecified atom stereocenters. The summed E-state index contributed by atoms with van der Waals surface area (Å²) in [6.07, 6.45) is -6.00. The van der Waals surface area contributed by atoms with Gasteiger partial charge in [0, 0.05) is 11.8 Å². The quantitative estimate of drug-likeness (QED) is 0.628. The van der Waals surface area contributed by atoms with E-state index in [1.165, 1.54) is 30.6 Å². The van der Waals surface area contributed by atoms with Crippen LogP contribution in [0.5, 0.6) is 5.75 Å². The molecular formula is C10H11F3N2O2. The number of amides is 1. The molecule has 0 aliphatic rings. The largest absolute Gasteiger partial charge is 0.496 e. The summed E-state index contributed by atoms with van der Waals surface area (Å²) in [6.45, 7) is 0. The first-order valence-corrected chi connectivity index (χ1v) is 4.62. The zero-order valence-corrected chi connectivity index (χ0v) is 8.91. The summed E-state index contributed by atoms with van der Waals surface area (Å²) < 4.78 is 41.3. The predicted octanol–water partition coefficient (Wildman–Crippen LogP) is 1.57. The van der Waals surface area contributed by atoms with Crippen molar-refractivity contribution in [3.63, 3.8) is 0 Å². The van der Waals surface area contributed by atoms with Crippen molar-refractivity contribution in [2.45, 2.75) is 12.7 Å². The van der Waals surface area contributed by atoms with E-state index < -0.39 is 18.6 Å². The van der Waals surface area contributed by atoms with Gasteiger partial charge in [0.2, 0.25) is 6.30 Å². The Balaban J connectivity index is 2.89. The molecule has 1 amide bonds. The fourth-order valence-electron chi connectivity index (χ4n) is 1.16.